The molecule has 3 rings (SSSR count). The standard InChI is InChI=1S/C19H20Cl2O4/c1-2-6-15(22)24-17-16(13-8-7-12(20)11-14(13)21)18(23)25-19(17)9-4-3-5-10-19/h7-8,11H,2-6,9-10H2,1H3. The van der Waals surface area contributed by atoms with E-state index in [1.54, 1.807) is 18.2 Å². The molecule has 1 fully saturated rings. The minimum Gasteiger partial charge on any atom is -0.447 e. The largest absolute Gasteiger partial charge is 0.447 e. The van der Waals surface area contributed by atoms with Crippen molar-refractivity contribution in [1.82, 2.24) is 0 Å². The summed E-state index contributed by atoms with van der Waals surface area (Å²) in [6, 6.07) is 4.88. The molecule has 0 saturated heterocycles. The van der Waals surface area contributed by atoms with Crippen molar-refractivity contribution in [2.24, 2.45) is 0 Å². The van der Waals surface area contributed by atoms with E-state index < -0.39 is 11.6 Å². The molecule has 0 amide bonds. The van der Waals surface area contributed by atoms with Gasteiger partial charge in [-0.15, -0.1) is 0 Å². The number of benzene rings is 1. The van der Waals surface area contributed by atoms with Gasteiger partial charge in [0, 0.05) is 17.0 Å². The van der Waals surface area contributed by atoms with Gasteiger partial charge in [0.15, 0.2) is 11.4 Å². The Morgan fingerprint density at radius 3 is 2.60 bits per heavy atom. The summed E-state index contributed by atoms with van der Waals surface area (Å²) in [5.41, 5.74) is -0.123. The Balaban J connectivity index is 2.11. The van der Waals surface area contributed by atoms with E-state index in [1.165, 1.54) is 0 Å². The van der Waals surface area contributed by atoms with Gasteiger partial charge in [-0.1, -0.05) is 42.6 Å². The number of carbonyl (C=O) groups is 2. The zero-order valence-corrected chi connectivity index (χ0v) is 15.6. The van der Waals surface area contributed by atoms with Gasteiger partial charge in [0.25, 0.3) is 0 Å². The van der Waals surface area contributed by atoms with Crippen molar-refractivity contribution in [3.63, 3.8) is 0 Å². The van der Waals surface area contributed by atoms with Crippen molar-refractivity contribution >= 4 is 40.7 Å². The minimum atomic E-state index is -0.850. The molecule has 6 heteroatoms. The van der Waals surface area contributed by atoms with Crippen molar-refractivity contribution in [2.75, 3.05) is 0 Å². The van der Waals surface area contributed by atoms with Crippen LogP contribution in [0.1, 0.15) is 57.4 Å². The Kier molecular flexibility index (Phi) is 5.40. The van der Waals surface area contributed by atoms with Gasteiger partial charge in [0.1, 0.15) is 5.57 Å². The summed E-state index contributed by atoms with van der Waals surface area (Å²) in [5, 5.41) is 0.800. The van der Waals surface area contributed by atoms with Crippen LogP contribution in [0, 0.1) is 0 Å². The SMILES string of the molecule is CCCC(=O)OC1=C(c2ccc(Cl)cc2Cl)C(=O)OC12CCCCC2. The highest BCUT2D eigenvalue weighted by Gasteiger charge is 2.51. The lowest BCUT2D eigenvalue weighted by atomic mass is 9.82. The number of esters is 2. The van der Waals surface area contributed by atoms with Gasteiger partial charge in [0.2, 0.25) is 0 Å². The average Bonchev–Trinajstić information content (AvgIpc) is 2.80. The summed E-state index contributed by atoms with van der Waals surface area (Å²) in [6.07, 6.45) is 5.19. The molecule has 1 aliphatic carbocycles. The van der Waals surface area contributed by atoms with E-state index in [0.29, 0.717) is 40.6 Å². The van der Waals surface area contributed by atoms with Gasteiger partial charge in [-0.05, 0) is 44.2 Å². The molecule has 2 aliphatic rings. The Labute approximate surface area is 157 Å². The number of hydrogen-bond donors (Lipinski definition) is 0. The topological polar surface area (TPSA) is 52.6 Å². The zero-order valence-electron chi connectivity index (χ0n) is 14.1. The van der Waals surface area contributed by atoms with Crippen LogP contribution in [0.2, 0.25) is 10.0 Å². The first-order valence-corrected chi connectivity index (χ1v) is 9.36. The number of rotatable bonds is 4. The molecule has 4 nitrogen and oxygen atoms in total. The predicted molar refractivity (Wildman–Crippen MR) is 96.3 cm³/mol. The Morgan fingerprint density at radius 2 is 1.96 bits per heavy atom. The predicted octanol–water partition coefficient (Wildman–Crippen LogP) is 5.31. The van der Waals surface area contributed by atoms with Gasteiger partial charge in [0.05, 0.1) is 5.02 Å². The fourth-order valence-electron chi connectivity index (χ4n) is 3.48. The molecule has 0 aromatic heterocycles. The first-order valence-electron chi connectivity index (χ1n) is 8.61. The molecular weight excluding hydrogens is 363 g/mol. The lowest BCUT2D eigenvalue weighted by Crippen LogP contribution is -2.36. The number of carbonyl (C=O) groups excluding carboxylic acids is 2. The Bertz CT molecular complexity index is 733. The quantitative estimate of drug-likeness (QED) is 0.662. The van der Waals surface area contributed by atoms with E-state index in [9.17, 15) is 9.59 Å². The normalized spacial score (nSPS) is 19.2. The van der Waals surface area contributed by atoms with E-state index >= 15 is 0 Å². The summed E-state index contributed by atoms with van der Waals surface area (Å²) in [4.78, 5) is 24.8. The molecule has 0 radical (unpaired) electrons. The molecule has 1 heterocycles. The van der Waals surface area contributed by atoms with Crippen LogP contribution in [0.4, 0.5) is 0 Å². The van der Waals surface area contributed by atoms with Gasteiger partial charge >= 0.3 is 11.9 Å². The van der Waals surface area contributed by atoms with E-state index in [0.717, 1.165) is 19.3 Å². The van der Waals surface area contributed by atoms with Gasteiger partial charge < -0.3 is 9.47 Å². The fourth-order valence-corrected chi connectivity index (χ4v) is 3.99. The van der Waals surface area contributed by atoms with Crippen LogP contribution in [0.25, 0.3) is 5.57 Å². The summed E-state index contributed by atoms with van der Waals surface area (Å²) in [7, 11) is 0. The van der Waals surface area contributed by atoms with Gasteiger partial charge in [-0.2, -0.15) is 0 Å². The highest BCUT2D eigenvalue weighted by Crippen LogP contribution is 2.48. The fraction of sp³-hybridized carbons (Fsp3) is 0.474. The van der Waals surface area contributed by atoms with Crippen LogP contribution in [0.3, 0.4) is 0 Å². The molecule has 1 aromatic carbocycles. The molecule has 25 heavy (non-hydrogen) atoms. The van der Waals surface area contributed by atoms with Crippen molar-refractivity contribution < 1.29 is 19.1 Å². The second-order valence-electron chi connectivity index (χ2n) is 6.50. The van der Waals surface area contributed by atoms with Crippen LogP contribution in [0.5, 0.6) is 0 Å². The smallest absolute Gasteiger partial charge is 0.343 e. The molecule has 0 unspecified atom stereocenters. The maximum Gasteiger partial charge on any atom is 0.343 e. The third-order valence-electron chi connectivity index (χ3n) is 4.66. The second-order valence-corrected chi connectivity index (χ2v) is 7.34. The first-order chi connectivity index (χ1) is 12.0. The van der Waals surface area contributed by atoms with E-state index in [2.05, 4.69) is 0 Å². The second kappa shape index (κ2) is 7.38. The highest BCUT2D eigenvalue weighted by molar-refractivity contribution is 6.37. The van der Waals surface area contributed by atoms with Crippen molar-refractivity contribution in [3.8, 4) is 0 Å². The molecule has 1 saturated carbocycles. The third-order valence-corrected chi connectivity index (χ3v) is 5.21. The molecule has 1 aliphatic heterocycles. The number of hydrogen-bond acceptors (Lipinski definition) is 4. The van der Waals surface area contributed by atoms with Crippen LogP contribution in [-0.2, 0) is 19.1 Å². The molecule has 134 valence electrons. The molecule has 1 spiro atoms. The third kappa shape index (κ3) is 3.56. The molecule has 0 bridgehead atoms. The van der Waals surface area contributed by atoms with Gasteiger partial charge in [-0.3, -0.25) is 4.79 Å². The van der Waals surface area contributed by atoms with Crippen LogP contribution >= 0.6 is 23.2 Å². The highest BCUT2D eigenvalue weighted by atomic mass is 35.5. The maximum atomic E-state index is 12.7. The van der Waals surface area contributed by atoms with Crippen molar-refractivity contribution in [3.05, 3.63) is 39.6 Å². The summed E-state index contributed by atoms with van der Waals surface area (Å²) < 4.78 is 11.4. The Hall–Kier alpha value is -1.52. The van der Waals surface area contributed by atoms with Crippen LogP contribution in [0.15, 0.2) is 24.0 Å². The maximum absolute atomic E-state index is 12.7. The van der Waals surface area contributed by atoms with Crippen LogP contribution in [-0.4, -0.2) is 17.5 Å². The van der Waals surface area contributed by atoms with Crippen molar-refractivity contribution in [2.45, 2.75) is 57.5 Å². The van der Waals surface area contributed by atoms with Crippen molar-refractivity contribution in [1.29, 1.82) is 0 Å². The summed E-state index contributed by atoms with van der Waals surface area (Å²) >= 11 is 12.3. The lowest BCUT2D eigenvalue weighted by molar-refractivity contribution is -0.155. The van der Waals surface area contributed by atoms with Gasteiger partial charge in [-0.25, -0.2) is 4.79 Å². The first kappa shape index (κ1) is 18.3. The molecule has 0 atom stereocenters. The summed E-state index contributed by atoms with van der Waals surface area (Å²) in [5.74, 6) is -0.534. The van der Waals surface area contributed by atoms with E-state index in [4.69, 9.17) is 32.7 Å². The lowest BCUT2D eigenvalue weighted by Gasteiger charge is -2.33. The van der Waals surface area contributed by atoms with E-state index in [-0.39, 0.29) is 18.0 Å². The Morgan fingerprint density at radius 1 is 1.24 bits per heavy atom. The summed E-state index contributed by atoms with van der Waals surface area (Å²) in [6.45, 7) is 1.90. The molecule has 0 N–H and O–H groups in total. The number of ether oxygens (including phenoxy) is 2. The monoisotopic (exact) mass is 382 g/mol. The molecular formula is C19H20Cl2O4. The average molecular weight is 383 g/mol. The molecule has 1 aromatic rings. The zero-order chi connectivity index (χ0) is 18.0. The van der Waals surface area contributed by atoms with E-state index in [1.807, 2.05) is 6.92 Å². The number of halogens is 2. The van der Waals surface area contributed by atoms with Crippen LogP contribution < -0.4 is 0 Å². The minimum absolute atomic E-state index is 0.244.